The van der Waals surface area contributed by atoms with Crippen LogP contribution in [0, 0.1) is 59.2 Å². The number of rotatable bonds is 36. The van der Waals surface area contributed by atoms with Crippen molar-refractivity contribution >= 4 is 41.8 Å². The number of hydrogen-bond donors (Lipinski definition) is 8. The predicted octanol–water partition coefficient (Wildman–Crippen LogP) is 20.0. The van der Waals surface area contributed by atoms with Gasteiger partial charge in [-0.15, -0.1) is 0 Å². The molecule has 6 atom stereocenters. The lowest BCUT2D eigenvalue weighted by atomic mass is 9.73. The number of ether oxygens (including phenoxy) is 7. The average Bonchev–Trinajstić information content (AvgIpc) is 0.816. The van der Waals surface area contributed by atoms with Gasteiger partial charge < -0.3 is 78.4 Å². The Labute approximate surface area is 743 Å². The van der Waals surface area contributed by atoms with Gasteiger partial charge in [-0.05, 0) is 169 Å². The summed E-state index contributed by atoms with van der Waals surface area (Å²) in [5.74, 6) is 4.12. The monoisotopic (exact) mass is 1730 g/mol. The van der Waals surface area contributed by atoms with Crippen LogP contribution in [0.15, 0.2) is 0 Å². The minimum atomic E-state index is -1.20. The van der Waals surface area contributed by atoms with Crippen LogP contribution in [0.3, 0.4) is 0 Å². The molecule has 0 aromatic rings. The number of unbranched alkanes of at least 4 members (excludes halogenated alkanes) is 2. The number of carbonyl (C=O) groups excluding carboxylic acids is 7. The smallest absolute Gasteiger partial charge is 0.328 e. The minimum Gasteiger partial charge on any atom is -0.468 e. The van der Waals surface area contributed by atoms with E-state index in [-0.39, 0.29) is 42.4 Å². The Morgan fingerprint density at radius 3 is 0.803 bits per heavy atom. The van der Waals surface area contributed by atoms with Gasteiger partial charge in [-0.2, -0.15) is 0 Å². The molecular formula is C100H189N7O15. The number of aliphatic hydroxyl groups is 1. The van der Waals surface area contributed by atoms with E-state index in [4.69, 9.17) is 68.6 Å². The molecule has 122 heavy (non-hydrogen) atoms. The van der Waals surface area contributed by atoms with Crippen molar-refractivity contribution < 1.29 is 71.8 Å². The normalized spacial score (nSPS) is 22.1. The number of esters is 7. The molecule has 0 heterocycles. The summed E-state index contributed by atoms with van der Waals surface area (Å²) in [6.07, 6.45) is 73.1. The maximum Gasteiger partial charge on any atom is 0.328 e. The minimum absolute atomic E-state index is 0.186. The van der Waals surface area contributed by atoms with Gasteiger partial charge in [0.25, 0.3) is 0 Å². The fraction of sp³-hybridized carbons (Fsp3) is 0.930. The Morgan fingerprint density at radius 1 is 0.287 bits per heavy atom. The van der Waals surface area contributed by atoms with Crippen LogP contribution in [-0.2, 0) is 66.7 Å². The summed E-state index contributed by atoms with van der Waals surface area (Å²) in [6, 6.07) is 0. The van der Waals surface area contributed by atoms with Gasteiger partial charge in [-0.1, -0.05) is 329 Å². The number of hydrogen-bond acceptors (Lipinski definition) is 22. The van der Waals surface area contributed by atoms with Crippen LogP contribution in [0.1, 0.15) is 439 Å². The van der Waals surface area contributed by atoms with Crippen molar-refractivity contribution in [3.05, 3.63) is 0 Å². The highest BCUT2D eigenvalue weighted by atomic mass is 16.5. The van der Waals surface area contributed by atoms with E-state index in [2.05, 4.69) is 32.4 Å². The van der Waals surface area contributed by atoms with E-state index >= 15 is 0 Å². The second-order valence-electron chi connectivity index (χ2n) is 40.6. The number of carbonyl (C=O) groups is 7. The molecule has 0 saturated heterocycles. The first-order valence-electron chi connectivity index (χ1n) is 49.9. The number of aliphatic hydroxyl groups excluding tert-OH is 1. The molecule has 9 fully saturated rings. The van der Waals surface area contributed by atoms with Crippen LogP contribution in [0.5, 0.6) is 0 Å². The summed E-state index contributed by atoms with van der Waals surface area (Å²) >= 11 is 0. The summed E-state index contributed by atoms with van der Waals surface area (Å²) in [5, 5.41) is 9.19. The van der Waals surface area contributed by atoms with Crippen molar-refractivity contribution in [3.8, 4) is 0 Å². The Morgan fingerprint density at radius 2 is 0.516 bits per heavy atom. The van der Waals surface area contributed by atoms with Crippen LogP contribution in [-0.4, -0.2) is 142 Å². The molecule has 9 saturated carbocycles. The van der Waals surface area contributed by atoms with Gasteiger partial charge in [-0.3, -0.25) is 28.8 Å². The second kappa shape index (κ2) is 61.5. The molecule has 714 valence electrons. The van der Waals surface area contributed by atoms with Crippen LogP contribution in [0.25, 0.3) is 0 Å². The lowest BCUT2D eigenvalue weighted by Gasteiger charge is -2.37. The number of nitrogens with two attached hydrogens (primary N) is 7. The highest BCUT2D eigenvalue weighted by molar-refractivity contribution is 5.83. The van der Waals surface area contributed by atoms with Crippen molar-refractivity contribution in [2.45, 2.75) is 478 Å². The van der Waals surface area contributed by atoms with Crippen LogP contribution in [0.4, 0.5) is 0 Å². The first kappa shape index (κ1) is 112. The second-order valence-corrected chi connectivity index (χ2v) is 40.6. The van der Waals surface area contributed by atoms with E-state index in [1.807, 2.05) is 0 Å². The van der Waals surface area contributed by atoms with Crippen LogP contribution < -0.4 is 40.1 Å². The molecule has 15 N–H and O–H groups in total. The zero-order valence-corrected chi connectivity index (χ0v) is 80.2. The van der Waals surface area contributed by atoms with Crippen LogP contribution >= 0.6 is 0 Å². The zero-order valence-electron chi connectivity index (χ0n) is 80.2. The van der Waals surface area contributed by atoms with E-state index in [1.54, 1.807) is 6.92 Å². The molecule has 0 radical (unpaired) electrons. The van der Waals surface area contributed by atoms with E-state index in [1.165, 1.54) is 313 Å². The van der Waals surface area contributed by atoms with Crippen molar-refractivity contribution in [1.29, 1.82) is 0 Å². The molecule has 0 aromatic heterocycles. The summed E-state index contributed by atoms with van der Waals surface area (Å²) in [5.41, 5.74) is 38.0. The van der Waals surface area contributed by atoms with Gasteiger partial charge in [0.2, 0.25) is 0 Å². The van der Waals surface area contributed by atoms with Gasteiger partial charge in [0.1, 0.15) is 38.8 Å². The highest BCUT2D eigenvalue weighted by Crippen LogP contribution is 2.42. The molecule has 22 heteroatoms. The molecule has 9 rings (SSSR count). The lowest BCUT2D eigenvalue weighted by Crippen LogP contribution is -2.55. The molecule has 0 aromatic carbocycles. The third kappa shape index (κ3) is 42.0. The zero-order chi connectivity index (χ0) is 90.5. The SMILES string of the molecule is CCCCC(N)(C(=O)OC)C1CCCCC1.CCCCC(N)(CC1CCCCC1)C(=O)OC.COC(=O)C(C)(N)CCC1CCCCC1.COC(=O)C(N)(CC1CCCCC1)CC1CCCCC1.COC(=O)C(N)(CCC1CCCCC1)CC(C)C.COC(=O)C(N)(CCC1CCCCC1)CC1CCCCC1.COC(=O)C(N)(CO)CC1CCCCC1. The van der Waals surface area contributed by atoms with E-state index in [0.29, 0.717) is 54.3 Å². The summed E-state index contributed by atoms with van der Waals surface area (Å²) < 4.78 is 34.1. The average molecular weight is 1730 g/mol. The van der Waals surface area contributed by atoms with Crippen molar-refractivity contribution in [1.82, 2.24) is 0 Å². The maximum atomic E-state index is 12.2. The summed E-state index contributed by atoms with van der Waals surface area (Å²) in [6.45, 7) is 9.88. The molecular weight excluding hydrogens is 1540 g/mol. The molecule has 0 aliphatic heterocycles. The van der Waals surface area contributed by atoms with E-state index in [0.717, 1.165) is 146 Å². The summed E-state index contributed by atoms with van der Waals surface area (Å²) in [7, 11) is 9.98. The van der Waals surface area contributed by atoms with Gasteiger partial charge in [0, 0.05) is 0 Å². The molecule has 0 bridgehead atoms. The maximum absolute atomic E-state index is 12.2. The lowest BCUT2D eigenvalue weighted by molar-refractivity contribution is -0.151. The van der Waals surface area contributed by atoms with Gasteiger partial charge in [0.05, 0.1) is 56.4 Å². The topological polar surface area (TPSA) is 386 Å². The fourth-order valence-electron chi connectivity index (χ4n) is 22.0. The molecule has 22 nitrogen and oxygen atoms in total. The molecule has 6 unspecified atom stereocenters. The third-order valence-corrected chi connectivity index (χ3v) is 29.6. The Hall–Kier alpha value is -4.03. The fourth-order valence-corrected chi connectivity index (χ4v) is 22.0. The Kier molecular flexibility index (Phi) is 56.5. The molecule has 9 aliphatic rings. The molecule has 0 amide bonds. The largest absolute Gasteiger partial charge is 0.468 e. The summed E-state index contributed by atoms with van der Waals surface area (Å²) in [4.78, 5) is 82.9. The van der Waals surface area contributed by atoms with Gasteiger partial charge >= 0.3 is 41.8 Å². The Bertz CT molecular complexity index is 2780. The predicted molar refractivity (Wildman–Crippen MR) is 494 cm³/mol. The van der Waals surface area contributed by atoms with E-state index in [9.17, 15) is 38.7 Å². The van der Waals surface area contributed by atoms with Crippen molar-refractivity contribution in [2.24, 2.45) is 99.3 Å². The third-order valence-electron chi connectivity index (χ3n) is 29.6. The van der Waals surface area contributed by atoms with Crippen molar-refractivity contribution in [2.75, 3.05) is 56.4 Å². The number of methoxy groups -OCH3 is 7. The van der Waals surface area contributed by atoms with E-state index < -0.39 is 44.7 Å². The van der Waals surface area contributed by atoms with Crippen LogP contribution in [0.2, 0.25) is 0 Å². The van der Waals surface area contributed by atoms with Crippen molar-refractivity contribution in [3.63, 3.8) is 0 Å². The first-order valence-corrected chi connectivity index (χ1v) is 49.9. The van der Waals surface area contributed by atoms with Gasteiger partial charge in [0.15, 0.2) is 0 Å². The van der Waals surface area contributed by atoms with Gasteiger partial charge in [-0.25, -0.2) is 4.79 Å². The molecule has 0 spiro atoms. The quantitative estimate of drug-likeness (QED) is 0.0213. The highest BCUT2D eigenvalue weighted by Gasteiger charge is 2.46. The molecule has 9 aliphatic carbocycles. The Balaban J connectivity index is 0.000000369. The first-order chi connectivity index (χ1) is 58.2. The standard InChI is InChI=1S/C18H33NO2.C17H31NO2.C15H29NO2.C14H27NO2.C13H25NO2.C12H23NO2.C11H21NO3/c1-21-17(20)18(19,14-16-10-6-3-7-11-16)13-12-15-8-4-2-5-9-15;1-20-16(19)17(18,12-14-8-4-2-5-9-14)13-15-10-6-3-7-11-15;1-12(2)11-15(16,14(17)18-3)10-9-13-7-5-4-6-8-13;1-3-4-10-14(15,13(16)17-2)11-12-8-6-5-7-9-12;1-3-4-10-13(14,12(15)16-2)11-8-6-5-7-9-11;1-12(13,11(14)15-2)9-8-10-6-4-3-5-7-10;1-15-10(14)11(12,8-13)7-9-5-3-2-4-6-9/h15-16H,2-14,19H2,1H3;14-15H,2-13,18H2,1H3;12-13H,4-11,16H2,1-3H3;12H,3-11,15H2,1-2H3;11H,3-10,14H2,1-2H3;10H,3-9,13H2,1-2H3;9,13H,2-8,12H2,1H3.